The van der Waals surface area contributed by atoms with Gasteiger partial charge in [-0.15, -0.1) is 22.7 Å². The SMILES string of the molecule is O=C(Nc1cnn(Cc2cn3ccccc3n2)c1)c1cc2sc3ccccc3c2s1. The van der Waals surface area contributed by atoms with Crippen LogP contribution in [0.5, 0.6) is 0 Å². The average molecular weight is 430 g/mol. The van der Waals surface area contributed by atoms with Crippen molar-refractivity contribution in [1.82, 2.24) is 19.2 Å². The summed E-state index contributed by atoms with van der Waals surface area (Å²) in [5.74, 6) is -0.111. The summed E-state index contributed by atoms with van der Waals surface area (Å²) in [4.78, 5) is 18.0. The first-order valence-corrected chi connectivity index (χ1v) is 11.0. The van der Waals surface area contributed by atoms with E-state index in [0.717, 1.165) is 16.0 Å². The predicted molar refractivity (Wildman–Crippen MR) is 122 cm³/mol. The zero-order valence-corrected chi connectivity index (χ0v) is 17.3. The molecule has 0 saturated carbocycles. The van der Waals surface area contributed by atoms with Crippen LogP contribution in [0.4, 0.5) is 5.69 Å². The Balaban J connectivity index is 1.21. The molecule has 0 atom stereocenters. The van der Waals surface area contributed by atoms with Crippen LogP contribution in [-0.2, 0) is 6.54 Å². The molecule has 0 unspecified atom stereocenters. The van der Waals surface area contributed by atoms with E-state index in [1.807, 2.05) is 59.4 Å². The third kappa shape index (κ3) is 2.97. The molecule has 0 radical (unpaired) electrons. The molecule has 146 valence electrons. The molecule has 0 bridgehead atoms. The number of amides is 1. The van der Waals surface area contributed by atoms with E-state index in [4.69, 9.17) is 0 Å². The van der Waals surface area contributed by atoms with Crippen LogP contribution in [0.25, 0.3) is 25.1 Å². The van der Waals surface area contributed by atoms with E-state index < -0.39 is 0 Å². The Bertz CT molecular complexity index is 1500. The van der Waals surface area contributed by atoms with E-state index in [-0.39, 0.29) is 5.91 Å². The molecule has 5 heterocycles. The Hall–Kier alpha value is -3.49. The fraction of sp³-hybridized carbons (Fsp3) is 0.0455. The lowest BCUT2D eigenvalue weighted by atomic mass is 10.2. The van der Waals surface area contributed by atoms with Crippen LogP contribution in [0.1, 0.15) is 15.4 Å². The van der Waals surface area contributed by atoms with Crippen LogP contribution >= 0.6 is 22.7 Å². The number of nitrogens with one attached hydrogen (secondary N) is 1. The van der Waals surface area contributed by atoms with Gasteiger partial charge in [-0.2, -0.15) is 5.10 Å². The Labute approximate surface area is 179 Å². The average Bonchev–Trinajstić information content (AvgIpc) is 3.50. The van der Waals surface area contributed by atoms with E-state index in [0.29, 0.717) is 17.1 Å². The van der Waals surface area contributed by atoms with Gasteiger partial charge in [0.25, 0.3) is 5.91 Å². The molecular formula is C22H15N5OS2. The van der Waals surface area contributed by atoms with E-state index in [9.17, 15) is 4.79 Å². The molecule has 1 N–H and O–H groups in total. The van der Waals surface area contributed by atoms with Crippen molar-refractivity contribution in [2.45, 2.75) is 6.54 Å². The number of fused-ring (bicyclic) bond motifs is 4. The molecule has 0 aliphatic carbocycles. The third-order valence-electron chi connectivity index (χ3n) is 4.90. The number of benzene rings is 1. The highest BCUT2D eigenvalue weighted by Gasteiger charge is 2.15. The highest BCUT2D eigenvalue weighted by atomic mass is 32.1. The summed E-state index contributed by atoms with van der Waals surface area (Å²) in [6.45, 7) is 0.540. The van der Waals surface area contributed by atoms with Gasteiger partial charge >= 0.3 is 0 Å². The summed E-state index contributed by atoms with van der Waals surface area (Å²) in [6.07, 6.45) is 7.44. The van der Waals surface area contributed by atoms with Crippen molar-refractivity contribution in [3.8, 4) is 0 Å². The molecule has 1 aromatic carbocycles. The molecule has 6 aromatic rings. The van der Waals surface area contributed by atoms with Gasteiger partial charge in [-0.3, -0.25) is 9.48 Å². The molecule has 0 aliphatic rings. The van der Waals surface area contributed by atoms with Crippen LogP contribution in [0.15, 0.2) is 73.3 Å². The van der Waals surface area contributed by atoms with Gasteiger partial charge in [0.2, 0.25) is 0 Å². The van der Waals surface area contributed by atoms with Crippen LogP contribution in [-0.4, -0.2) is 25.1 Å². The zero-order valence-electron chi connectivity index (χ0n) is 15.6. The maximum atomic E-state index is 12.8. The molecule has 0 aliphatic heterocycles. The third-order valence-corrected chi connectivity index (χ3v) is 7.32. The number of aromatic nitrogens is 4. The van der Waals surface area contributed by atoms with Gasteiger partial charge in [-0.1, -0.05) is 24.3 Å². The van der Waals surface area contributed by atoms with Crippen molar-refractivity contribution >= 4 is 59.4 Å². The van der Waals surface area contributed by atoms with Crippen LogP contribution in [0.2, 0.25) is 0 Å². The fourth-order valence-corrected chi connectivity index (χ4v) is 5.97. The minimum atomic E-state index is -0.111. The lowest BCUT2D eigenvalue weighted by Crippen LogP contribution is -2.09. The minimum Gasteiger partial charge on any atom is -0.319 e. The molecular weight excluding hydrogens is 414 g/mol. The summed E-state index contributed by atoms with van der Waals surface area (Å²) < 4.78 is 7.32. The molecule has 0 spiro atoms. The largest absolute Gasteiger partial charge is 0.319 e. The van der Waals surface area contributed by atoms with Crippen LogP contribution in [0.3, 0.4) is 0 Å². The van der Waals surface area contributed by atoms with Crippen molar-refractivity contribution < 1.29 is 4.79 Å². The summed E-state index contributed by atoms with van der Waals surface area (Å²) in [6, 6.07) is 16.2. The highest BCUT2D eigenvalue weighted by Crippen LogP contribution is 2.39. The van der Waals surface area contributed by atoms with E-state index >= 15 is 0 Å². The van der Waals surface area contributed by atoms with E-state index in [1.54, 1.807) is 22.2 Å². The first-order chi connectivity index (χ1) is 14.7. The van der Waals surface area contributed by atoms with Gasteiger partial charge in [-0.05, 0) is 24.3 Å². The number of rotatable bonds is 4. The van der Waals surface area contributed by atoms with E-state index in [2.05, 4.69) is 27.5 Å². The number of pyridine rings is 1. The number of nitrogens with zero attached hydrogens (tertiary/aromatic N) is 4. The molecule has 30 heavy (non-hydrogen) atoms. The number of imidazole rings is 1. The summed E-state index contributed by atoms with van der Waals surface area (Å²) in [5.41, 5.74) is 2.48. The number of carbonyl (C=O) groups excluding carboxylic acids is 1. The maximum absolute atomic E-state index is 12.8. The second kappa shape index (κ2) is 6.79. The van der Waals surface area contributed by atoms with Gasteiger partial charge in [0, 0.05) is 33.4 Å². The number of carbonyl (C=O) groups is 1. The van der Waals surface area contributed by atoms with Crippen molar-refractivity contribution in [2.24, 2.45) is 0 Å². The minimum absolute atomic E-state index is 0.111. The summed E-state index contributed by atoms with van der Waals surface area (Å²) in [7, 11) is 0. The molecule has 6 nitrogen and oxygen atoms in total. The molecule has 0 saturated heterocycles. The van der Waals surface area contributed by atoms with Crippen molar-refractivity contribution in [1.29, 1.82) is 0 Å². The lowest BCUT2D eigenvalue weighted by Gasteiger charge is -1.99. The predicted octanol–water partition coefficient (Wildman–Crippen LogP) is 5.26. The molecule has 8 heteroatoms. The lowest BCUT2D eigenvalue weighted by molar-refractivity contribution is 0.103. The highest BCUT2D eigenvalue weighted by molar-refractivity contribution is 7.33. The monoisotopic (exact) mass is 429 g/mol. The van der Waals surface area contributed by atoms with Crippen molar-refractivity contribution in [2.75, 3.05) is 5.32 Å². The summed E-state index contributed by atoms with van der Waals surface area (Å²) in [5, 5.41) is 8.53. The number of hydrogen-bond donors (Lipinski definition) is 1. The Kier molecular flexibility index (Phi) is 3.93. The Morgan fingerprint density at radius 2 is 1.93 bits per heavy atom. The first-order valence-electron chi connectivity index (χ1n) is 9.40. The van der Waals surface area contributed by atoms with Gasteiger partial charge in [0.05, 0.1) is 33.7 Å². The molecule has 5 aromatic heterocycles. The zero-order chi connectivity index (χ0) is 20.1. The number of hydrogen-bond acceptors (Lipinski definition) is 5. The topological polar surface area (TPSA) is 64.2 Å². The van der Waals surface area contributed by atoms with Gasteiger partial charge < -0.3 is 9.72 Å². The van der Waals surface area contributed by atoms with Crippen molar-refractivity contribution in [3.63, 3.8) is 0 Å². The van der Waals surface area contributed by atoms with Gasteiger partial charge in [0.1, 0.15) is 5.65 Å². The molecule has 6 rings (SSSR count). The number of thiophene rings is 2. The number of anilines is 1. The van der Waals surface area contributed by atoms with Crippen LogP contribution < -0.4 is 5.32 Å². The second-order valence-corrected chi connectivity index (χ2v) is 9.12. The second-order valence-electron chi connectivity index (χ2n) is 6.98. The van der Waals surface area contributed by atoms with Crippen LogP contribution in [0, 0.1) is 0 Å². The Morgan fingerprint density at radius 1 is 1.03 bits per heavy atom. The maximum Gasteiger partial charge on any atom is 0.265 e. The summed E-state index contributed by atoms with van der Waals surface area (Å²) >= 11 is 3.25. The normalized spacial score (nSPS) is 11.6. The first kappa shape index (κ1) is 17.4. The smallest absolute Gasteiger partial charge is 0.265 e. The Morgan fingerprint density at radius 3 is 2.87 bits per heavy atom. The van der Waals surface area contributed by atoms with Gasteiger partial charge in [-0.25, -0.2) is 4.98 Å². The molecule has 0 fully saturated rings. The quantitative estimate of drug-likeness (QED) is 0.416. The standard InChI is InChI=1S/C22H15N5OS2/c28-22(19-9-18-21(30-19)16-5-1-2-6-17(16)29-18)25-14-10-23-27(12-14)13-15-11-26-8-4-3-7-20(26)24-15/h1-12H,13H2,(H,25,28). The fourth-order valence-electron chi connectivity index (χ4n) is 3.55. The van der Waals surface area contributed by atoms with Gasteiger partial charge in [0.15, 0.2) is 0 Å². The molecule has 1 amide bonds. The van der Waals surface area contributed by atoms with Crippen molar-refractivity contribution in [3.05, 3.63) is 83.9 Å². The van der Waals surface area contributed by atoms with E-state index in [1.165, 1.54) is 26.1 Å².